The van der Waals surface area contributed by atoms with E-state index in [2.05, 4.69) is 23.2 Å². The van der Waals surface area contributed by atoms with Crippen molar-refractivity contribution in [2.24, 2.45) is 0 Å². The lowest BCUT2D eigenvalue weighted by Crippen LogP contribution is -2.04. The van der Waals surface area contributed by atoms with Gasteiger partial charge in [-0.3, -0.25) is 0 Å². The molecular weight excluding hydrogens is 306 g/mol. The summed E-state index contributed by atoms with van der Waals surface area (Å²) in [6.07, 6.45) is 1.08. The third-order valence-corrected chi connectivity index (χ3v) is 4.14. The summed E-state index contributed by atoms with van der Waals surface area (Å²) in [6, 6.07) is 22.3. The van der Waals surface area contributed by atoms with Gasteiger partial charge < -0.3 is 4.57 Å². The van der Waals surface area contributed by atoms with Crippen LogP contribution in [-0.2, 0) is 19.4 Å². The van der Waals surface area contributed by atoms with Crippen LogP contribution in [0.1, 0.15) is 11.3 Å². The van der Waals surface area contributed by atoms with E-state index < -0.39 is 0 Å². The Labute approximate surface area is 140 Å². The van der Waals surface area contributed by atoms with Gasteiger partial charge in [-0.1, -0.05) is 72.3 Å². The van der Waals surface area contributed by atoms with E-state index in [4.69, 9.17) is 16.9 Å². The Bertz CT molecular complexity index is 817. The minimum absolute atomic E-state index is 0.219. The van der Waals surface area contributed by atoms with Crippen molar-refractivity contribution in [1.29, 1.82) is 5.26 Å². The summed E-state index contributed by atoms with van der Waals surface area (Å²) < 4.78 is 2.00. The Hall–Kier alpha value is -2.57. The van der Waals surface area contributed by atoms with Crippen LogP contribution >= 0.6 is 11.6 Å². The van der Waals surface area contributed by atoms with Crippen LogP contribution in [0.25, 0.3) is 11.4 Å². The van der Waals surface area contributed by atoms with Gasteiger partial charge in [0.25, 0.3) is 0 Å². The summed E-state index contributed by atoms with van der Waals surface area (Å²) >= 11 is 6.47. The number of aromatic nitrogens is 2. The SMILES string of the molecule is N#CCc1nc(-c2ccccc2)n(CCc2ccccc2)c1Cl. The highest BCUT2D eigenvalue weighted by molar-refractivity contribution is 6.30. The molecular formula is C19H16ClN3. The lowest BCUT2D eigenvalue weighted by molar-refractivity contribution is 0.703. The van der Waals surface area contributed by atoms with Crippen molar-refractivity contribution in [1.82, 2.24) is 9.55 Å². The molecule has 3 rings (SSSR count). The van der Waals surface area contributed by atoms with Crippen LogP contribution in [0.4, 0.5) is 0 Å². The molecule has 3 nitrogen and oxygen atoms in total. The predicted octanol–water partition coefficient (Wildman–Crippen LogP) is 4.51. The molecule has 0 atom stereocenters. The first-order valence-corrected chi connectivity index (χ1v) is 7.88. The van der Waals surface area contributed by atoms with Gasteiger partial charge in [-0.2, -0.15) is 5.26 Å². The quantitative estimate of drug-likeness (QED) is 0.693. The van der Waals surface area contributed by atoms with Gasteiger partial charge in [0.05, 0.1) is 18.2 Å². The number of nitrogens with zero attached hydrogens (tertiary/aromatic N) is 3. The summed E-state index contributed by atoms with van der Waals surface area (Å²) in [5, 5.41) is 9.52. The van der Waals surface area contributed by atoms with Crippen LogP contribution in [0, 0.1) is 11.3 Å². The molecule has 0 unspecified atom stereocenters. The minimum Gasteiger partial charge on any atom is -0.315 e. The summed E-state index contributed by atoms with van der Waals surface area (Å²) in [6.45, 7) is 0.728. The molecule has 0 saturated heterocycles. The molecule has 4 heteroatoms. The third kappa shape index (κ3) is 3.44. The maximum absolute atomic E-state index is 8.96. The van der Waals surface area contributed by atoms with Crippen LogP contribution < -0.4 is 0 Å². The van der Waals surface area contributed by atoms with Crippen molar-refractivity contribution in [3.05, 3.63) is 77.1 Å². The second-order valence-electron chi connectivity index (χ2n) is 5.26. The van der Waals surface area contributed by atoms with Crippen molar-refractivity contribution < 1.29 is 0 Å². The Morgan fingerprint density at radius 2 is 1.65 bits per heavy atom. The highest BCUT2D eigenvalue weighted by Crippen LogP contribution is 2.26. The minimum atomic E-state index is 0.219. The second-order valence-corrected chi connectivity index (χ2v) is 5.62. The van der Waals surface area contributed by atoms with Gasteiger partial charge in [-0.15, -0.1) is 0 Å². The van der Waals surface area contributed by atoms with E-state index in [0.717, 1.165) is 24.4 Å². The largest absolute Gasteiger partial charge is 0.315 e. The molecule has 0 fully saturated rings. The second kappa shape index (κ2) is 7.13. The molecule has 1 aromatic heterocycles. The van der Waals surface area contributed by atoms with Crippen LogP contribution in [0.15, 0.2) is 60.7 Å². The van der Waals surface area contributed by atoms with Gasteiger partial charge in [0.15, 0.2) is 0 Å². The number of hydrogen-bond donors (Lipinski definition) is 0. The molecule has 0 aliphatic carbocycles. The van der Waals surface area contributed by atoms with Crippen LogP contribution in [-0.4, -0.2) is 9.55 Å². The van der Waals surface area contributed by atoms with E-state index in [1.54, 1.807) is 0 Å². The molecule has 2 aromatic carbocycles. The van der Waals surface area contributed by atoms with E-state index in [9.17, 15) is 0 Å². The standard InChI is InChI=1S/C19H16ClN3/c20-18-17(11-13-21)22-19(16-9-5-2-6-10-16)23(18)14-12-15-7-3-1-4-8-15/h1-10H,11-12,14H2. The first-order chi connectivity index (χ1) is 11.3. The highest BCUT2D eigenvalue weighted by Gasteiger charge is 2.16. The molecule has 0 amide bonds. The molecule has 0 saturated carbocycles. The first kappa shape index (κ1) is 15.3. The van der Waals surface area contributed by atoms with Gasteiger partial charge in [0.1, 0.15) is 11.0 Å². The molecule has 0 spiro atoms. The van der Waals surface area contributed by atoms with Gasteiger partial charge in [0, 0.05) is 12.1 Å². The monoisotopic (exact) mass is 321 g/mol. The van der Waals surface area contributed by atoms with Crippen molar-refractivity contribution in [3.63, 3.8) is 0 Å². The maximum Gasteiger partial charge on any atom is 0.141 e. The fraction of sp³-hybridized carbons (Fsp3) is 0.158. The zero-order valence-electron chi connectivity index (χ0n) is 12.6. The van der Waals surface area contributed by atoms with Gasteiger partial charge in [-0.25, -0.2) is 4.98 Å². The maximum atomic E-state index is 8.96. The van der Waals surface area contributed by atoms with Crippen LogP contribution in [0.5, 0.6) is 0 Å². The van der Waals surface area contributed by atoms with Crippen LogP contribution in [0.2, 0.25) is 5.15 Å². The smallest absolute Gasteiger partial charge is 0.141 e. The Morgan fingerprint density at radius 3 is 2.30 bits per heavy atom. The third-order valence-electron chi connectivity index (χ3n) is 3.72. The number of nitriles is 1. The molecule has 114 valence electrons. The summed E-state index contributed by atoms with van der Waals surface area (Å²) in [7, 11) is 0. The number of rotatable bonds is 5. The highest BCUT2D eigenvalue weighted by atomic mass is 35.5. The normalized spacial score (nSPS) is 10.4. The van der Waals surface area contributed by atoms with E-state index in [0.29, 0.717) is 10.8 Å². The lowest BCUT2D eigenvalue weighted by Gasteiger charge is -2.09. The zero-order valence-corrected chi connectivity index (χ0v) is 13.4. The van der Waals surface area contributed by atoms with Crippen molar-refractivity contribution in [2.45, 2.75) is 19.4 Å². The lowest BCUT2D eigenvalue weighted by atomic mass is 10.1. The van der Waals surface area contributed by atoms with Crippen molar-refractivity contribution in [3.8, 4) is 17.5 Å². The summed E-state index contributed by atoms with van der Waals surface area (Å²) in [5.74, 6) is 0.816. The Kier molecular flexibility index (Phi) is 4.75. The van der Waals surface area contributed by atoms with E-state index in [-0.39, 0.29) is 6.42 Å². The van der Waals surface area contributed by atoms with Crippen LogP contribution in [0.3, 0.4) is 0 Å². The Balaban J connectivity index is 1.95. The van der Waals surface area contributed by atoms with Crippen molar-refractivity contribution in [2.75, 3.05) is 0 Å². The molecule has 23 heavy (non-hydrogen) atoms. The summed E-state index contributed by atoms with van der Waals surface area (Å²) in [4.78, 5) is 4.59. The number of imidazole rings is 1. The number of hydrogen-bond acceptors (Lipinski definition) is 2. The molecule has 0 bridgehead atoms. The predicted molar refractivity (Wildman–Crippen MR) is 92.1 cm³/mol. The average molecular weight is 322 g/mol. The zero-order chi connectivity index (χ0) is 16.1. The fourth-order valence-electron chi connectivity index (χ4n) is 2.57. The van der Waals surface area contributed by atoms with Gasteiger partial charge in [-0.05, 0) is 12.0 Å². The number of benzene rings is 2. The molecule has 0 N–H and O–H groups in total. The molecule has 0 aliphatic heterocycles. The number of halogens is 1. The van der Waals surface area contributed by atoms with Crippen molar-refractivity contribution >= 4 is 11.6 Å². The fourth-order valence-corrected chi connectivity index (χ4v) is 2.84. The van der Waals surface area contributed by atoms with Gasteiger partial charge >= 0.3 is 0 Å². The average Bonchev–Trinajstić information content (AvgIpc) is 2.91. The summed E-state index contributed by atoms with van der Waals surface area (Å²) in [5.41, 5.74) is 2.89. The van der Waals surface area contributed by atoms with Gasteiger partial charge in [0.2, 0.25) is 0 Å². The molecule has 3 aromatic rings. The molecule has 0 aliphatic rings. The Morgan fingerprint density at radius 1 is 1.00 bits per heavy atom. The topological polar surface area (TPSA) is 41.6 Å². The van der Waals surface area contributed by atoms with E-state index >= 15 is 0 Å². The van der Waals surface area contributed by atoms with E-state index in [1.165, 1.54) is 5.56 Å². The molecule has 1 heterocycles. The molecule has 0 radical (unpaired) electrons. The van der Waals surface area contributed by atoms with E-state index in [1.807, 2.05) is 53.1 Å². The number of aryl methyl sites for hydroxylation is 1. The first-order valence-electron chi connectivity index (χ1n) is 7.51.